The molecule has 3 aromatic rings. The number of aromatic nitrogens is 1. The fourth-order valence-electron chi connectivity index (χ4n) is 5.00. The third-order valence-electron chi connectivity index (χ3n) is 6.51. The van der Waals surface area contributed by atoms with Crippen LogP contribution in [-0.2, 0) is 4.79 Å². The van der Waals surface area contributed by atoms with Gasteiger partial charge in [0.2, 0.25) is 5.88 Å². The number of benzene rings is 2. The van der Waals surface area contributed by atoms with Crippen LogP contribution in [-0.4, -0.2) is 25.2 Å². The molecule has 1 N–H and O–H groups in total. The Bertz CT molecular complexity index is 1240. The van der Waals surface area contributed by atoms with E-state index in [0.29, 0.717) is 30.2 Å². The minimum atomic E-state index is -0.175. The smallest absolute Gasteiger partial charge is 0.233 e. The van der Waals surface area contributed by atoms with Crippen molar-refractivity contribution in [3.05, 3.63) is 81.7 Å². The Hall–Kier alpha value is -3.54. The van der Waals surface area contributed by atoms with Crippen molar-refractivity contribution in [2.75, 3.05) is 19.5 Å². The molecule has 0 amide bonds. The van der Waals surface area contributed by atoms with Gasteiger partial charge in [0.05, 0.1) is 25.5 Å². The molecule has 0 fully saturated rings. The quantitative estimate of drug-likeness (QED) is 0.608. The van der Waals surface area contributed by atoms with Crippen molar-refractivity contribution in [1.82, 2.24) is 5.16 Å². The van der Waals surface area contributed by atoms with Gasteiger partial charge in [-0.15, -0.1) is 0 Å². The maximum atomic E-state index is 13.6. The van der Waals surface area contributed by atoms with Gasteiger partial charge in [0.25, 0.3) is 0 Å². The Morgan fingerprint density at radius 1 is 1.00 bits per heavy atom. The summed E-state index contributed by atoms with van der Waals surface area (Å²) in [4.78, 5) is 13.6. The van der Waals surface area contributed by atoms with Gasteiger partial charge in [-0.05, 0) is 49.4 Å². The van der Waals surface area contributed by atoms with E-state index in [0.717, 1.165) is 39.2 Å². The highest BCUT2D eigenvalue weighted by atomic mass is 16.5. The molecule has 5 rings (SSSR count). The van der Waals surface area contributed by atoms with Crippen LogP contribution < -0.4 is 14.8 Å². The van der Waals surface area contributed by atoms with Crippen molar-refractivity contribution in [2.45, 2.75) is 38.5 Å². The van der Waals surface area contributed by atoms with E-state index in [9.17, 15) is 4.79 Å². The van der Waals surface area contributed by atoms with Crippen LogP contribution in [0.1, 0.15) is 52.6 Å². The fourth-order valence-corrected chi connectivity index (χ4v) is 5.00. The van der Waals surface area contributed by atoms with Crippen LogP contribution in [0.5, 0.6) is 11.5 Å². The van der Waals surface area contributed by atoms with Crippen LogP contribution >= 0.6 is 0 Å². The highest BCUT2D eigenvalue weighted by molar-refractivity contribution is 6.01. The minimum absolute atomic E-state index is 0.0392. The molecular formula is C26H26N2O4. The molecule has 0 unspecified atom stereocenters. The maximum Gasteiger partial charge on any atom is 0.233 e. The van der Waals surface area contributed by atoms with Gasteiger partial charge in [-0.2, -0.15) is 0 Å². The number of allylic oxidation sites excluding steroid dienone is 2. The first-order chi connectivity index (χ1) is 15.5. The molecule has 0 saturated carbocycles. The lowest BCUT2D eigenvalue weighted by atomic mass is 9.72. The first-order valence-electron chi connectivity index (χ1n) is 10.8. The van der Waals surface area contributed by atoms with E-state index in [-0.39, 0.29) is 17.6 Å². The van der Waals surface area contributed by atoms with Crippen LogP contribution in [0.25, 0.3) is 0 Å². The number of nitrogens with zero attached hydrogens (tertiary/aromatic N) is 1. The fraction of sp³-hybridized carbons (Fsp3) is 0.308. The predicted octanol–water partition coefficient (Wildman–Crippen LogP) is 5.27. The molecule has 6 nitrogen and oxygen atoms in total. The molecule has 0 spiro atoms. The number of methoxy groups -OCH3 is 2. The number of fused-ring (bicyclic) bond motifs is 1. The first-order valence-corrected chi connectivity index (χ1v) is 10.8. The molecule has 0 saturated heterocycles. The van der Waals surface area contributed by atoms with E-state index >= 15 is 0 Å². The lowest BCUT2D eigenvalue weighted by Gasteiger charge is -2.34. The number of nitrogens with one attached hydrogen (secondary N) is 1. The van der Waals surface area contributed by atoms with Crippen molar-refractivity contribution < 1.29 is 18.8 Å². The molecule has 2 aliphatic rings. The first kappa shape index (κ1) is 20.4. The highest BCUT2D eigenvalue weighted by Gasteiger charge is 2.41. The van der Waals surface area contributed by atoms with E-state index in [2.05, 4.69) is 35.6 Å². The molecule has 1 aliphatic heterocycles. The van der Waals surface area contributed by atoms with E-state index in [1.165, 1.54) is 0 Å². The van der Waals surface area contributed by atoms with Crippen LogP contribution in [0, 0.1) is 13.8 Å². The Morgan fingerprint density at radius 2 is 1.81 bits per heavy atom. The molecule has 1 aromatic heterocycles. The number of ether oxygens (including phenoxy) is 2. The van der Waals surface area contributed by atoms with Gasteiger partial charge in [-0.1, -0.05) is 41.1 Å². The summed E-state index contributed by atoms with van der Waals surface area (Å²) in [5.41, 5.74) is 6.79. The van der Waals surface area contributed by atoms with Crippen molar-refractivity contribution >= 4 is 11.7 Å². The lowest BCUT2D eigenvalue weighted by Crippen LogP contribution is -2.29. The number of anilines is 1. The monoisotopic (exact) mass is 430 g/mol. The molecule has 6 heteroatoms. The lowest BCUT2D eigenvalue weighted by molar-refractivity contribution is -0.116. The van der Waals surface area contributed by atoms with Gasteiger partial charge in [0.1, 0.15) is 0 Å². The van der Waals surface area contributed by atoms with E-state index < -0.39 is 0 Å². The van der Waals surface area contributed by atoms with Crippen molar-refractivity contribution in [3.63, 3.8) is 0 Å². The maximum absolute atomic E-state index is 13.6. The SMILES string of the molecule is COc1ccc([C@@H]2CC(=O)C3=C(C2)Nc2onc(C)c2[C@H]3c2cccc(C)c2)cc1OC. The molecule has 0 radical (unpaired) electrons. The summed E-state index contributed by atoms with van der Waals surface area (Å²) < 4.78 is 16.5. The summed E-state index contributed by atoms with van der Waals surface area (Å²) in [6.45, 7) is 4.00. The predicted molar refractivity (Wildman–Crippen MR) is 121 cm³/mol. The topological polar surface area (TPSA) is 73.6 Å². The van der Waals surface area contributed by atoms with E-state index in [1.807, 2.05) is 31.2 Å². The zero-order chi connectivity index (χ0) is 22.4. The van der Waals surface area contributed by atoms with Gasteiger partial charge in [0, 0.05) is 23.6 Å². The number of aryl methyl sites for hydroxylation is 2. The highest BCUT2D eigenvalue weighted by Crippen LogP contribution is 2.49. The molecule has 164 valence electrons. The third kappa shape index (κ3) is 3.27. The Balaban J connectivity index is 1.58. The second-order valence-corrected chi connectivity index (χ2v) is 8.52. The van der Waals surface area contributed by atoms with Crippen molar-refractivity contribution in [3.8, 4) is 11.5 Å². The van der Waals surface area contributed by atoms with E-state index in [1.54, 1.807) is 14.2 Å². The third-order valence-corrected chi connectivity index (χ3v) is 6.51. The number of carbonyl (C=O) groups excluding carboxylic acids is 1. The molecule has 32 heavy (non-hydrogen) atoms. The molecule has 2 heterocycles. The number of Topliss-reactive ketones (excluding diaryl/α,β-unsaturated/α-hetero) is 1. The Kier molecular flexibility index (Phi) is 5.00. The summed E-state index contributed by atoms with van der Waals surface area (Å²) in [6, 6.07) is 14.2. The van der Waals surface area contributed by atoms with Crippen LogP contribution in [0.15, 0.2) is 58.3 Å². The number of rotatable bonds is 4. The summed E-state index contributed by atoms with van der Waals surface area (Å²) in [7, 11) is 3.24. The van der Waals surface area contributed by atoms with E-state index in [4.69, 9.17) is 14.0 Å². The van der Waals surface area contributed by atoms with Gasteiger partial charge < -0.3 is 19.3 Å². The summed E-state index contributed by atoms with van der Waals surface area (Å²) >= 11 is 0. The summed E-state index contributed by atoms with van der Waals surface area (Å²) in [5, 5.41) is 7.58. The molecule has 1 aliphatic carbocycles. The molecular weight excluding hydrogens is 404 g/mol. The largest absolute Gasteiger partial charge is 0.493 e. The van der Waals surface area contributed by atoms with Gasteiger partial charge >= 0.3 is 0 Å². The summed E-state index contributed by atoms with van der Waals surface area (Å²) in [5.74, 6) is 1.99. The normalized spacial score (nSPS) is 19.8. The zero-order valence-corrected chi connectivity index (χ0v) is 18.7. The van der Waals surface area contributed by atoms with Crippen LogP contribution in [0.3, 0.4) is 0 Å². The minimum Gasteiger partial charge on any atom is -0.493 e. The molecule has 0 bridgehead atoms. The number of hydrogen-bond acceptors (Lipinski definition) is 6. The van der Waals surface area contributed by atoms with Crippen molar-refractivity contribution in [2.24, 2.45) is 0 Å². The zero-order valence-electron chi connectivity index (χ0n) is 18.7. The second kappa shape index (κ2) is 7.86. The second-order valence-electron chi connectivity index (χ2n) is 8.52. The van der Waals surface area contributed by atoms with Gasteiger partial charge in [0.15, 0.2) is 17.3 Å². The average molecular weight is 431 g/mol. The standard InChI is InChI=1S/C26H26N2O4/c1-14-6-5-7-17(10-14)24-23-15(2)28-32-26(23)27-19-11-18(12-20(29)25(19)24)16-8-9-21(30-3)22(13-16)31-4/h5-10,13,18,24,27H,11-12H2,1-4H3/t18-,24+/m0/s1. The van der Waals surface area contributed by atoms with Crippen LogP contribution in [0.2, 0.25) is 0 Å². The molecule has 2 aromatic carbocycles. The van der Waals surface area contributed by atoms with Gasteiger partial charge in [-0.25, -0.2) is 0 Å². The Labute approximate surface area is 187 Å². The number of hydrogen-bond donors (Lipinski definition) is 1. The number of carbonyl (C=O) groups is 1. The number of ketones is 1. The average Bonchev–Trinajstić information content (AvgIpc) is 3.17. The van der Waals surface area contributed by atoms with Crippen LogP contribution in [0.4, 0.5) is 5.88 Å². The van der Waals surface area contributed by atoms with Gasteiger partial charge in [-0.3, -0.25) is 4.79 Å². The Morgan fingerprint density at radius 3 is 2.56 bits per heavy atom. The van der Waals surface area contributed by atoms with Crippen molar-refractivity contribution in [1.29, 1.82) is 0 Å². The molecule has 2 atom stereocenters. The summed E-state index contributed by atoms with van der Waals surface area (Å²) in [6.07, 6.45) is 1.15.